The number of halogens is 1. The Morgan fingerprint density at radius 2 is 1.91 bits per heavy atom. The Kier molecular flexibility index (Phi) is 6.16. The third-order valence-electron chi connectivity index (χ3n) is 5.35. The number of hydrogen-bond acceptors (Lipinski definition) is 7. The highest BCUT2D eigenvalue weighted by Crippen LogP contribution is 2.29. The normalized spacial score (nSPS) is 14.5. The van der Waals surface area contributed by atoms with E-state index in [9.17, 15) is 9.59 Å². The summed E-state index contributed by atoms with van der Waals surface area (Å²) in [5.41, 5.74) is 2.10. The SMILES string of the molecule is Cc1cc(Nc2nc(Cl)cc3cn[nH]c(=O)c23)ccc1N1CCN(C(=O)OC(C)(C)C)CC1. The number of piperazine rings is 1. The molecular weight excluding hydrogens is 444 g/mol. The van der Waals surface area contributed by atoms with Crippen molar-refractivity contribution in [3.63, 3.8) is 0 Å². The van der Waals surface area contributed by atoms with Gasteiger partial charge in [0.05, 0.1) is 11.6 Å². The van der Waals surface area contributed by atoms with Gasteiger partial charge >= 0.3 is 6.09 Å². The quantitative estimate of drug-likeness (QED) is 0.556. The molecule has 1 amide bonds. The number of hydrogen-bond donors (Lipinski definition) is 2. The van der Waals surface area contributed by atoms with E-state index in [1.165, 1.54) is 0 Å². The zero-order valence-electron chi connectivity index (χ0n) is 19.1. The van der Waals surface area contributed by atoms with Gasteiger partial charge in [-0.15, -0.1) is 0 Å². The number of nitrogens with one attached hydrogen (secondary N) is 2. The summed E-state index contributed by atoms with van der Waals surface area (Å²) in [5, 5.41) is 10.7. The molecule has 0 atom stereocenters. The minimum atomic E-state index is -0.502. The number of benzene rings is 1. The Labute approximate surface area is 196 Å². The first-order chi connectivity index (χ1) is 15.6. The monoisotopic (exact) mass is 470 g/mol. The first-order valence-corrected chi connectivity index (χ1v) is 11.1. The Balaban J connectivity index is 1.49. The molecule has 1 fully saturated rings. The lowest BCUT2D eigenvalue weighted by atomic mass is 10.1. The van der Waals surface area contributed by atoms with E-state index in [2.05, 4.69) is 25.4 Å². The van der Waals surface area contributed by atoms with E-state index in [1.54, 1.807) is 17.2 Å². The fourth-order valence-electron chi connectivity index (χ4n) is 3.86. The molecule has 1 aromatic carbocycles. The lowest BCUT2D eigenvalue weighted by Gasteiger charge is -2.37. The molecule has 0 saturated carbocycles. The minimum Gasteiger partial charge on any atom is -0.444 e. The Hall–Kier alpha value is -3.33. The van der Waals surface area contributed by atoms with E-state index in [4.69, 9.17) is 16.3 Å². The van der Waals surface area contributed by atoms with Crippen molar-refractivity contribution < 1.29 is 9.53 Å². The van der Waals surface area contributed by atoms with Crippen LogP contribution in [-0.2, 0) is 4.74 Å². The molecule has 10 heteroatoms. The standard InChI is InChI=1S/C23H27ClN6O3/c1-14-11-16(26-20-19-15(12-18(24)27-20)13-25-28-21(19)31)5-6-17(14)29-7-9-30(10-8-29)22(32)33-23(2,3)4/h5-6,11-13H,7-10H2,1-4H3,(H,26,27)(H,28,31). The molecule has 2 N–H and O–H groups in total. The van der Waals surface area contributed by atoms with Crippen LogP contribution in [-0.4, -0.2) is 58.0 Å². The molecule has 1 aliphatic heterocycles. The van der Waals surface area contributed by atoms with Gasteiger partial charge in [-0.1, -0.05) is 11.6 Å². The van der Waals surface area contributed by atoms with Gasteiger partial charge < -0.3 is 19.9 Å². The lowest BCUT2D eigenvalue weighted by molar-refractivity contribution is 0.0240. The fourth-order valence-corrected chi connectivity index (χ4v) is 4.06. The first kappa shape index (κ1) is 22.8. The summed E-state index contributed by atoms with van der Waals surface area (Å²) in [5.74, 6) is 0.374. The molecule has 0 bridgehead atoms. The molecular formula is C23H27ClN6O3. The molecule has 2 aromatic heterocycles. The van der Waals surface area contributed by atoms with Crippen LogP contribution in [0.15, 0.2) is 35.3 Å². The van der Waals surface area contributed by atoms with Gasteiger partial charge in [0, 0.05) is 42.9 Å². The molecule has 0 spiro atoms. The number of ether oxygens (including phenoxy) is 1. The Morgan fingerprint density at radius 3 is 2.58 bits per heavy atom. The van der Waals surface area contributed by atoms with Crippen molar-refractivity contribution in [1.82, 2.24) is 20.1 Å². The van der Waals surface area contributed by atoms with E-state index in [-0.39, 0.29) is 16.8 Å². The second kappa shape index (κ2) is 8.90. The lowest BCUT2D eigenvalue weighted by Crippen LogP contribution is -2.50. The number of fused-ring (bicyclic) bond motifs is 1. The average molecular weight is 471 g/mol. The third-order valence-corrected chi connectivity index (χ3v) is 5.54. The van der Waals surface area contributed by atoms with Crippen LogP contribution in [0.4, 0.5) is 22.0 Å². The van der Waals surface area contributed by atoms with Gasteiger partial charge in [-0.2, -0.15) is 5.10 Å². The molecule has 0 radical (unpaired) electrons. The molecule has 4 rings (SSSR count). The van der Waals surface area contributed by atoms with Crippen LogP contribution >= 0.6 is 11.6 Å². The first-order valence-electron chi connectivity index (χ1n) is 10.8. The van der Waals surface area contributed by atoms with Crippen molar-refractivity contribution in [2.45, 2.75) is 33.3 Å². The molecule has 0 unspecified atom stereocenters. The van der Waals surface area contributed by atoms with Crippen LogP contribution in [0.1, 0.15) is 26.3 Å². The van der Waals surface area contributed by atoms with E-state index in [0.29, 0.717) is 29.7 Å². The van der Waals surface area contributed by atoms with E-state index in [0.717, 1.165) is 30.0 Å². The van der Waals surface area contributed by atoms with Gasteiger partial charge in [-0.25, -0.2) is 14.9 Å². The summed E-state index contributed by atoms with van der Waals surface area (Å²) in [7, 11) is 0. The van der Waals surface area contributed by atoms with Gasteiger partial charge in [0.2, 0.25) is 0 Å². The largest absolute Gasteiger partial charge is 0.444 e. The zero-order chi connectivity index (χ0) is 23.8. The smallest absolute Gasteiger partial charge is 0.410 e. The number of carbonyl (C=O) groups excluding carboxylic acids is 1. The third kappa shape index (κ3) is 5.19. The summed E-state index contributed by atoms with van der Waals surface area (Å²) in [6.45, 7) is 10.3. The van der Waals surface area contributed by atoms with Crippen molar-refractivity contribution in [3.05, 3.63) is 51.5 Å². The van der Waals surface area contributed by atoms with Crippen LogP contribution in [0.2, 0.25) is 5.15 Å². The van der Waals surface area contributed by atoms with Crippen molar-refractivity contribution in [3.8, 4) is 0 Å². The number of nitrogens with zero attached hydrogens (tertiary/aromatic N) is 4. The summed E-state index contributed by atoms with van der Waals surface area (Å²) in [6.07, 6.45) is 1.27. The van der Waals surface area contributed by atoms with Crippen molar-refractivity contribution in [1.29, 1.82) is 0 Å². The number of aryl methyl sites for hydroxylation is 1. The van der Waals surface area contributed by atoms with Crippen LogP contribution in [0.25, 0.3) is 10.8 Å². The molecule has 1 aliphatic rings. The number of anilines is 3. The van der Waals surface area contributed by atoms with Crippen molar-refractivity contribution in [2.24, 2.45) is 0 Å². The number of amides is 1. The van der Waals surface area contributed by atoms with E-state index >= 15 is 0 Å². The predicted octanol–water partition coefficient (Wildman–Crippen LogP) is 4.08. The minimum absolute atomic E-state index is 0.272. The Morgan fingerprint density at radius 1 is 1.18 bits per heavy atom. The molecule has 9 nitrogen and oxygen atoms in total. The average Bonchev–Trinajstić information content (AvgIpc) is 2.72. The van der Waals surface area contributed by atoms with Crippen LogP contribution < -0.4 is 15.8 Å². The van der Waals surface area contributed by atoms with Gasteiger partial charge in [0.25, 0.3) is 5.56 Å². The van der Waals surface area contributed by atoms with E-state index in [1.807, 2.05) is 45.9 Å². The summed E-state index contributed by atoms with van der Waals surface area (Å²) in [6, 6.07) is 7.57. The summed E-state index contributed by atoms with van der Waals surface area (Å²) in [4.78, 5) is 32.9. The highest BCUT2D eigenvalue weighted by atomic mass is 35.5. The number of aromatic amines is 1. The van der Waals surface area contributed by atoms with E-state index < -0.39 is 5.60 Å². The maximum Gasteiger partial charge on any atom is 0.410 e. The molecule has 0 aliphatic carbocycles. The second-order valence-electron chi connectivity index (χ2n) is 9.04. The Bertz CT molecular complexity index is 1250. The number of carbonyl (C=O) groups is 1. The number of pyridine rings is 1. The van der Waals surface area contributed by atoms with Gasteiger partial charge in [0.15, 0.2) is 0 Å². The van der Waals surface area contributed by atoms with Crippen molar-refractivity contribution in [2.75, 3.05) is 36.4 Å². The number of aromatic nitrogens is 3. The van der Waals surface area contributed by atoms with Crippen molar-refractivity contribution >= 4 is 45.7 Å². The predicted molar refractivity (Wildman–Crippen MR) is 130 cm³/mol. The maximum atomic E-state index is 12.3. The van der Waals surface area contributed by atoms with Gasteiger partial charge in [0.1, 0.15) is 16.6 Å². The number of H-pyrrole nitrogens is 1. The molecule has 1 saturated heterocycles. The number of rotatable bonds is 3. The summed E-state index contributed by atoms with van der Waals surface area (Å²) >= 11 is 6.14. The van der Waals surface area contributed by atoms with Crippen LogP contribution in [0, 0.1) is 6.92 Å². The summed E-state index contributed by atoms with van der Waals surface area (Å²) < 4.78 is 5.48. The topological polar surface area (TPSA) is 103 Å². The molecule has 3 aromatic rings. The molecule has 174 valence electrons. The van der Waals surface area contributed by atoms with Gasteiger partial charge in [-0.05, 0) is 57.5 Å². The zero-order valence-corrected chi connectivity index (χ0v) is 19.9. The molecule has 3 heterocycles. The fraction of sp³-hybridized carbons (Fsp3) is 0.391. The maximum absolute atomic E-state index is 12.3. The van der Waals surface area contributed by atoms with Crippen LogP contribution in [0.3, 0.4) is 0 Å². The van der Waals surface area contributed by atoms with Crippen LogP contribution in [0.5, 0.6) is 0 Å². The molecule has 33 heavy (non-hydrogen) atoms. The highest BCUT2D eigenvalue weighted by Gasteiger charge is 2.26. The highest BCUT2D eigenvalue weighted by molar-refractivity contribution is 6.30. The second-order valence-corrected chi connectivity index (χ2v) is 9.42. The van der Waals surface area contributed by atoms with Gasteiger partial charge in [-0.3, -0.25) is 4.79 Å².